The van der Waals surface area contributed by atoms with Gasteiger partial charge in [-0.2, -0.15) is 0 Å². The molecule has 2 aliphatic heterocycles. The first-order chi connectivity index (χ1) is 15.3. The van der Waals surface area contributed by atoms with Crippen LogP contribution < -0.4 is 9.64 Å². The van der Waals surface area contributed by atoms with Crippen LogP contribution >= 0.6 is 11.6 Å². The minimum Gasteiger partial charge on any atom is -0.497 e. The lowest BCUT2D eigenvalue weighted by atomic mass is 9.46. The number of ether oxygens (including phenoxy) is 1. The number of anilines is 1. The number of piperidine rings is 2. The van der Waals surface area contributed by atoms with E-state index in [1.807, 2.05) is 6.07 Å². The van der Waals surface area contributed by atoms with E-state index < -0.39 is 0 Å². The predicted octanol–water partition coefficient (Wildman–Crippen LogP) is 6.75. The number of benzene rings is 2. The van der Waals surface area contributed by atoms with Crippen LogP contribution in [-0.4, -0.2) is 18.6 Å². The largest absolute Gasteiger partial charge is 0.497 e. The van der Waals surface area contributed by atoms with Crippen LogP contribution in [0.5, 0.6) is 5.75 Å². The van der Waals surface area contributed by atoms with Crippen molar-refractivity contribution < 1.29 is 9.66 Å². The number of rotatable bonds is 5. The molecule has 6 heteroatoms. The second-order valence-corrected chi connectivity index (χ2v) is 10.5. The molecule has 0 amide bonds. The molecule has 4 atom stereocenters. The van der Waals surface area contributed by atoms with Crippen molar-refractivity contribution in [2.24, 2.45) is 17.3 Å². The lowest BCUT2D eigenvalue weighted by molar-refractivity contribution is -0.384. The minimum absolute atomic E-state index is 0.0143. The number of hydrogen-bond donors (Lipinski definition) is 0. The number of methoxy groups -OCH3 is 1. The van der Waals surface area contributed by atoms with Crippen molar-refractivity contribution in [2.75, 3.05) is 18.6 Å². The summed E-state index contributed by atoms with van der Waals surface area (Å²) in [6.07, 6.45) is 6.89. The van der Waals surface area contributed by atoms with Gasteiger partial charge in [-0.1, -0.05) is 37.9 Å². The summed E-state index contributed by atoms with van der Waals surface area (Å²) in [4.78, 5) is 13.8. The Morgan fingerprint density at radius 3 is 2.78 bits per heavy atom. The lowest BCUT2D eigenvalue weighted by Crippen LogP contribution is -2.69. The van der Waals surface area contributed by atoms with E-state index in [4.69, 9.17) is 16.3 Å². The number of hydrogen-bond acceptors (Lipinski definition) is 4. The Morgan fingerprint density at radius 2 is 2.06 bits per heavy atom. The van der Waals surface area contributed by atoms with Gasteiger partial charge in [-0.25, -0.2) is 0 Å². The van der Waals surface area contributed by atoms with E-state index in [2.05, 4.69) is 36.9 Å². The van der Waals surface area contributed by atoms with Crippen LogP contribution in [0.4, 0.5) is 11.4 Å². The third-order valence-electron chi connectivity index (χ3n) is 8.61. The third-order valence-corrected chi connectivity index (χ3v) is 8.93. The zero-order valence-corrected chi connectivity index (χ0v) is 19.8. The van der Waals surface area contributed by atoms with Gasteiger partial charge in [0.2, 0.25) is 0 Å². The third kappa shape index (κ3) is 2.97. The van der Waals surface area contributed by atoms with Crippen LogP contribution in [0.1, 0.15) is 57.1 Å². The summed E-state index contributed by atoms with van der Waals surface area (Å²) in [7, 11) is 1.72. The van der Waals surface area contributed by atoms with Crippen LogP contribution in [0.2, 0.25) is 5.02 Å². The highest BCUT2D eigenvalue weighted by molar-refractivity contribution is 6.32. The molecule has 2 aliphatic carbocycles. The first-order valence-corrected chi connectivity index (χ1v) is 12.1. The second kappa shape index (κ2) is 7.65. The van der Waals surface area contributed by atoms with Crippen LogP contribution in [0.25, 0.3) is 0 Å². The average Bonchev–Trinajstić information content (AvgIpc) is 2.79. The van der Waals surface area contributed by atoms with Gasteiger partial charge >= 0.3 is 0 Å². The Bertz CT molecular complexity index is 1070. The smallest absolute Gasteiger partial charge is 0.289 e. The van der Waals surface area contributed by atoms with Crippen molar-refractivity contribution in [2.45, 2.75) is 57.9 Å². The highest BCUT2D eigenvalue weighted by atomic mass is 35.5. The molecule has 2 saturated heterocycles. The van der Waals surface area contributed by atoms with E-state index >= 15 is 0 Å². The molecule has 2 aromatic carbocycles. The Kier molecular flexibility index (Phi) is 5.16. The zero-order chi connectivity index (χ0) is 22.7. The van der Waals surface area contributed by atoms with E-state index in [0.717, 1.165) is 37.2 Å². The van der Waals surface area contributed by atoms with Gasteiger partial charge in [0.15, 0.2) is 0 Å². The molecular weight excluding hydrogens is 424 g/mol. The van der Waals surface area contributed by atoms with Gasteiger partial charge in [0.05, 0.1) is 17.6 Å². The summed E-state index contributed by atoms with van der Waals surface area (Å²) in [6, 6.07) is 11.9. The van der Waals surface area contributed by atoms with E-state index in [-0.39, 0.29) is 26.6 Å². The Balaban J connectivity index is 1.71. The molecule has 1 spiro atoms. The molecule has 2 bridgehead atoms. The number of nitro benzene ring substituents is 1. The first kappa shape index (κ1) is 21.6. The molecular formula is C26H31ClN2O3. The maximum absolute atomic E-state index is 11.7. The zero-order valence-electron chi connectivity index (χ0n) is 19.1. The second-order valence-electron chi connectivity index (χ2n) is 10.1. The van der Waals surface area contributed by atoms with E-state index in [9.17, 15) is 10.1 Å². The summed E-state index contributed by atoms with van der Waals surface area (Å²) in [5.41, 5.74) is 3.71. The van der Waals surface area contributed by atoms with Gasteiger partial charge in [0.25, 0.3) is 5.69 Å². The van der Waals surface area contributed by atoms with Gasteiger partial charge < -0.3 is 9.64 Å². The molecule has 5 nitrogen and oxygen atoms in total. The fourth-order valence-corrected chi connectivity index (χ4v) is 7.43. The van der Waals surface area contributed by atoms with Gasteiger partial charge in [-0.3, -0.25) is 10.1 Å². The van der Waals surface area contributed by atoms with E-state index in [0.29, 0.717) is 11.8 Å². The fourth-order valence-electron chi connectivity index (χ4n) is 7.25. The molecule has 0 aromatic heterocycles. The molecule has 2 aromatic rings. The monoisotopic (exact) mass is 454 g/mol. The molecule has 3 fully saturated rings. The average molecular weight is 455 g/mol. The maximum atomic E-state index is 11.7. The van der Waals surface area contributed by atoms with Crippen LogP contribution in [0.3, 0.4) is 0 Å². The number of fused-ring (bicyclic) bond motifs is 3. The number of aryl methyl sites for hydroxylation is 1. The first-order valence-electron chi connectivity index (χ1n) is 11.7. The standard InChI is InChI=1S/C26H31ClN2O3/c1-4-5-21-22-9-6-17-14-19(32-3)8-10-20(17)26(22)13-12-25(21,2)16-28(26)18-7-11-23(27)24(15-18)29(30)31/h7-8,10-11,14-15,21-22H,4-6,9,12-13,16H2,1-3H3/t21-,22-,25+,26-/m0/s1. The summed E-state index contributed by atoms with van der Waals surface area (Å²) in [5, 5.41) is 11.8. The predicted molar refractivity (Wildman–Crippen MR) is 128 cm³/mol. The van der Waals surface area contributed by atoms with Crippen LogP contribution in [-0.2, 0) is 12.0 Å². The van der Waals surface area contributed by atoms with Crippen molar-refractivity contribution in [3.8, 4) is 5.75 Å². The Labute approximate surface area is 194 Å². The maximum Gasteiger partial charge on any atom is 0.289 e. The van der Waals surface area contributed by atoms with E-state index in [1.54, 1.807) is 19.2 Å². The molecule has 6 rings (SSSR count). The van der Waals surface area contributed by atoms with Gasteiger partial charge in [-0.15, -0.1) is 0 Å². The highest BCUT2D eigenvalue weighted by Gasteiger charge is 2.63. The van der Waals surface area contributed by atoms with Crippen LogP contribution in [0, 0.1) is 27.4 Å². The van der Waals surface area contributed by atoms with Crippen LogP contribution in [0.15, 0.2) is 36.4 Å². The van der Waals surface area contributed by atoms with Crippen molar-refractivity contribution in [1.29, 1.82) is 0 Å². The SMILES string of the molecule is CCC[C@H]1[C@@H]2CCc3cc(OC)ccc3[C@@]23CC[C@]1(C)CN3c1ccc(Cl)c([N+](=O)[O-])c1. The summed E-state index contributed by atoms with van der Waals surface area (Å²) < 4.78 is 5.53. The lowest BCUT2D eigenvalue weighted by Gasteiger charge is -2.69. The molecule has 0 radical (unpaired) electrons. The molecule has 0 N–H and O–H groups in total. The Morgan fingerprint density at radius 1 is 1.25 bits per heavy atom. The molecule has 1 saturated carbocycles. The minimum atomic E-state index is -0.371. The summed E-state index contributed by atoms with van der Waals surface area (Å²) in [6.45, 7) is 5.65. The molecule has 4 aliphatic rings. The number of nitro groups is 1. The van der Waals surface area contributed by atoms with Gasteiger partial charge in [-0.05, 0) is 84.7 Å². The highest BCUT2D eigenvalue weighted by Crippen LogP contribution is 2.65. The van der Waals surface area contributed by atoms with E-state index in [1.165, 1.54) is 30.4 Å². The van der Waals surface area contributed by atoms with Gasteiger partial charge in [0.1, 0.15) is 10.8 Å². The van der Waals surface area contributed by atoms with Gasteiger partial charge in [0, 0.05) is 18.3 Å². The molecule has 0 unspecified atom stereocenters. The van der Waals surface area contributed by atoms with Crippen molar-refractivity contribution in [3.63, 3.8) is 0 Å². The summed E-state index contributed by atoms with van der Waals surface area (Å²) in [5.74, 6) is 2.09. The molecule has 2 heterocycles. The molecule has 170 valence electrons. The fraction of sp³-hybridized carbons (Fsp3) is 0.538. The number of nitrogens with zero attached hydrogens (tertiary/aromatic N) is 2. The van der Waals surface area contributed by atoms with Crippen molar-refractivity contribution in [3.05, 3.63) is 62.7 Å². The quantitative estimate of drug-likeness (QED) is 0.370. The number of halogens is 1. The van der Waals surface area contributed by atoms with Crippen molar-refractivity contribution in [1.82, 2.24) is 0 Å². The van der Waals surface area contributed by atoms with Crippen molar-refractivity contribution >= 4 is 23.0 Å². The Hall–Kier alpha value is -2.27. The normalized spacial score (nSPS) is 30.6. The molecule has 32 heavy (non-hydrogen) atoms. The topological polar surface area (TPSA) is 55.6 Å². The summed E-state index contributed by atoms with van der Waals surface area (Å²) >= 11 is 6.18.